The van der Waals surface area contributed by atoms with Crippen LogP contribution in [0.1, 0.15) is 32.6 Å². The maximum atomic E-state index is 12.2. The topological polar surface area (TPSA) is 82.2 Å². The van der Waals surface area contributed by atoms with E-state index < -0.39 is 0 Å². The lowest BCUT2D eigenvalue weighted by Gasteiger charge is -2.30. The van der Waals surface area contributed by atoms with E-state index in [1.165, 1.54) is 0 Å². The van der Waals surface area contributed by atoms with E-state index in [0.29, 0.717) is 16.3 Å². The van der Waals surface area contributed by atoms with E-state index in [-0.39, 0.29) is 18.0 Å². The zero-order chi connectivity index (χ0) is 21.0. The predicted octanol–water partition coefficient (Wildman–Crippen LogP) is 2.73. The number of nitrogens with zero attached hydrogens (tertiary/aromatic N) is 3. The third-order valence-electron chi connectivity index (χ3n) is 5.15. The third-order valence-corrected chi connectivity index (χ3v) is 5.39. The molecule has 3 rings (SSSR count). The van der Waals surface area contributed by atoms with Gasteiger partial charge in [-0.2, -0.15) is 4.98 Å². The van der Waals surface area contributed by atoms with Gasteiger partial charge in [-0.1, -0.05) is 24.4 Å². The molecule has 1 heterocycles. The van der Waals surface area contributed by atoms with Crippen LogP contribution in [-0.4, -0.2) is 52.4 Å². The van der Waals surface area contributed by atoms with E-state index in [9.17, 15) is 4.79 Å². The van der Waals surface area contributed by atoms with Crippen molar-refractivity contribution < 1.29 is 4.79 Å². The van der Waals surface area contributed by atoms with E-state index in [1.54, 1.807) is 6.92 Å². The fourth-order valence-electron chi connectivity index (χ4n) is 3.61. The number of carbonyl (C=O) groups is 1. The maximum absolute atomic E-state index is 12.2. The molecule has 3 N–H and O–H groups in total. The van der Waals surface area contributed by atoms with Crippen molar-refractivity contribution in [2.45, 2.75) is 50.7 Å². The molecule has 1 aromatic heterocycles. The van der Waals surface area contributed by atoms with Gasteiger partial charge in [0.05, 0.1) is 5.52 Å². The summed E-state index contributed by atoms with van der Waals surface area (Å²) in [7, 11) is 3.98. The molecule has 1 atom stereocenters. The summed E-state index contributed by atoms with van der Waals surface area (Å²) in [5, 5.41) is 10.5. The number of anilines is 2. The first-order chi connectivity index (χ1) is 13.8. The van der Waals surface area contributed by atoms with E-state index in [0.717, 1.165) is 42.4 Å². The summed E-state index contributed by atoms with van der Waals surface area (Å²) in [4.78, 5) is 23.6. The number of carbonyl (C=O) groups excluding carboxylic acids is 1. The van der Waals surface area contributed by atoms with Crippen molar-refractivity contribution >= 4 is 57.7 Å². The van der Waals surface area contributed by atoms with Gasteiger partial charge in [0.1, 0.15) is 16.2 Å². The number of amides is 1. The fraction of sp³-hybridized carbons (Fsp3) is 0.500. The van der Waals surface area contributed by atoms with Gasteiger partial charge >= 0.3 is 0 Å². The van der Waals surface area contributed by atoms with Crippen LogP contribution >= 0.6 is 24.8 Å². The number of fused-ring (bicyclic) bond motifs is 1. The first kappa shape index (κ1) is 21.6. The summed E-state index contributed by atoms with van der Waals surface area (Å²) in [6, 6.07) is 8.12. The molecule has 0 spiro atoms. The molecule has 1 aliphatic rings. The highest BCUT2D eigenvalue weighted by Crippen LogP contribution is 2.26. The maximum Gasteiger partial charge on any atom is 0.242 e. The minimum absolute atomic E-state index is 0.0497. The van der Waals surface area contributed by atoms with E-state index in [4.69, 9.17) is 17.2 Å². The van der Waals surface area contributed by atoms with Gasteiger partial charge < -0.3 is 20.9 Å². The molecule has 0 radical (unpaired) electrons. The van der Waals surface area contributed by atoms with Crippen LogP contribution in [0.2, 0.25) is 0 Å². The van der Waals surface area contributed by atoms with Crippen LogP contribution in [0.15, 0.2) is 24.3 Å². The molecular formula is C20H28N6OS2. The molecule has 29 heavy (non-hydrogen) atoms. The zero-order valence-electron chi connectivity index (χ0n) is 17.0. The molecule has 2 aromatic rings. The highest BCUT2D eigenvalue weighted by Gasteiger charge is 2.25. The van der Waals surface area contributed by atoms with Gasteiger partial charge in [0, 0.05) is 31.6 Å². The standard InChI is InChI=1S/C20H28N6OS2/c1-12(21-20(28)29)18(27)22-13-8-10-14(11-9-13)23-19-24-16-7-5-4-6-15(16)17(25-19)26(2)3/h4-7,12-14H,8-11H2,1-3H3,(H,22,27)(H2,21,28,29)(H,23,24,25). The van der Waals surface area contributed by atoms with Crippen molar-refractivity contribution in [2.75, 3.05) is 24.3 Å². The van der Waals surface area contributed by atoms with Crippen molar-refractivity contribution in [3.63, 3.8) is 0 Å². The smallest absolute Gasteiger partial charge is 0.242 e. The second-order valence-corrected chi connectivity index (χ2v) is 8.81. The summed E-state index contributed by atoms with van der Waals surface area (Å²) in [5.74, 6) is 1.51. The molecule has 0 aliphatic heterocycles. The van der Waals surface area contributed by atoms with E-state index in [1.807, 2.05) is 43.3 Å². The molecule has 7 nitrogen and oxygen atoms in total. The minimum Gasteiger partial charge on any atom is -0.362 e. The summed E-state index contributed by atoms with van der Waals surface area (Å²) in [6.45, 7) is 1.78. The number of aromatic nitrogens is 2. The van der Waals surface area contributed by atoms with Crippen LogP contribution in [0.3, 0.4) is 0 Å². The van der Waals surface area contributed by atoms with Crippen LogP contribution in [0, 0.1) is 0 Å². The average molecular weight is 433 g/mol. The molecule has 1 saturated carbocycles. The number of thiol groups is 1. The highest BCUT2D eigenvalue weighted by atomic mass is 32.1. The molecule has 1 fully saturated rings. The lowest BCUT2D eigenvalue weighted by atomic mass is 9.91. The first-order valence-corrected chi connectivity index (χ1v) is 10.7. The van der Waals surface area contributed by atoms with Crippen LogP contribution in [0.4, 0.5) is 11.8 Å². The monoisotopic (exact) mass is 432 g/mol. The van der Waals surface area contributed by atoms with Crippen molar-refractivity contribution in [2.24, 2.45) is 0 Å². The summed E-state index contributed by atoms with van der Waals surface area (Å²) < 4.78 is 0.327. The van der Waals surface area contributed by atoms with Crippen molar-refractivity contribution in [1.29, 1.82) is 0 Å². The average Bonchev–Trinajstić information content (AvgIpc) is 2.68. The van der Waals surface area contributed by atoms with Crippen molar-refractivity contribution in [1.82, 2.24) is 20.6 Å². The van der Waals surface area contributed by atoms with Gasteiger partial charge in [0.25, 0.3) is 0 Å². The molecule has 0 bridgehead atoms. The Labute approximate surface area is 182 Å². The summed E-state index contributed by atoms with van der Waals surface area (Å²) >= 11 is 8.89. The number of hydrogen-bond acceptors (Lipinski definition) is 6. The Kier molecular flexibility index (Phi) is 7.13. The largest absolute Gasteiger partial charge is 0.362 e. The van der Waals surface area contributed by atoms with Crippen LogP contribution in [-0.2, 0) is 4.79 Å². The molecule has 156 valence electrons. The molecular weight excluding hydrogens is 404 g/mol. The Hall–Kier alpha value is -2.13. The van der Waals surface area contributed by atoms with Gasteiger partial charge in [0.2, 0.25) is 11.9 Å². The second-order valence-electron chi connectivity index (χ2n) is 7.66. The van der Waals surface area contributed by atoms with Crippen molar-refractivity contribution in [3.05, 3.63) is 24.3 Å². The van der Waals surface area contributed by atoms with Gasteiger partial charge in [-0.3, -0.25) is 4.79 Å². The van der Waals surface area contributed by atoms with Gasteiger partial charge in [0.15, 0.2) is 0 Å². The van der Waals surface area contributed by atoms with E-state index in [2.05, 4.69) is 33.6 Å². The number of thiocarbonyl (C=S) groups is 1. The Balaban J connectivity index is 1.58. The number of para-hydroxylation sites is 1. The van der Waals surface area contributed by atoms with E-state index >= 15 is 0 Å². The summed E-state index contributed by atoms with van der Waals surface area (Å²) in [5.41, 5.74) is 0.929. The molecule has 1 unspecified atom stereocenters. The molecule has 1 amide bonds. The Morgan fingerprint density at radius 1 is 1.17 bits per heavy atom. The SMILES string of the molecule is CC(NC(=S)S)C(=O)NC1CCC(Nc2nc(N(C)C)c3ccccc3n2)CC1. The van der Waals surface area contributed by atoms with Crippen LogP contribution < -0.4 is 20.9 Å². The van der Waals surface area contributed by atoms with Gasteiger partial charge in [-0.05, 0) is 44.7 Å². The second kappa shape index (κ2) is 9.58. The van der Waals surface area contributed by atoms with Gasteiger partial charge in [-0.25, -0.2) is 4.98 Å². The Bertz CT molecular complexity index is 882. The normalized spacial score (nSPS) is 20.0. The number of benzene rings is 1. The molecule has 1 aliphatic carbocycles. The molecule has 0 saturated heterocycles. The lowest BCUT2D eigenvalue weighted by Crippen LogP contribution is -2.48. The predicted molar refractivity (Wildman–Crippen MR) is 126 cm³/mol. The third kappa shape index (κ3) is 5.70. The highest BCUT2D eigenvalue weighted by molar-refractivity contribution is 8.11. The first-order valence-electron chi connectivity index (χ1n) is 9.84. The van der Waals surface area contributed by atoms with Gasteiger partial charge in [-0.15, -0.1) is 12.6 Å². The minimum atomic E-state index is -0.383. The van der Waals surface area contributed by atoms with Crippen LogP contribution in [0.5, 0.6) is 0 Å². The number of hydrogen-bond donors (Lipinski definition) is 4. The zero-order valence-corrected chi connectivity index (χ0v) is 18.7. The quantitative estimate of drug-likeness (QED) is 0.413. The molecule has 1 aromatic carbocycles. The van der Waals surface area contributed by atoms with Crippen molar-refractivity contribution in [3.8, 4) is 0 Å². The Morgan fingerprint density at radius 2 is 1.83 bits per heavy atom. The number of rotatable bonds is 6. The van der Waals surface area contributed by atoms with Crippen LogP contribution in [0.25, 0.3) is 10.9 Å². The number of nitrogens with one attached hydrogen (secondary N) is 3. The summed E-state index contributed by atoms with van der Waals surface area (Å²) in [6.07, 6.45) is 3.72. The molecule has 9 heteroatoms. The Morgan fingerprint density at radius 3 is 2.48 bits per heavy atom. The fourth-order valence-corrected chi connectivity index (χ4v) is 3.98. The lowest BCUT2D eigenvalue weighted by molar-refractivity contribution is -0.123.